The summed E-state index contributed by atoms with van der Waals surface area (Å²) in [5.74, 6) is -0.0761. The molecule has 0 spiro atoms. The molecule has 2 aliphatic rings. The predicted octanol–water partition coefficient (Wildman–Crippen LogP) is 4.21. The molecule has 6 nitrogen and oxygen atoms in total. The van der Waals surface area contributed by atoms with Gasteiger partial charge in [0.05, 0.1) is 29.4 Å². The fourth-order valence-electron chi connectivity index (χ4n) is 3.73. The van der Waals surface area contributed by atoms with Crippen LogP contribution in [0.15, 0.2) is 47.5 Å². The van der Waals surface area contributed by atoms with E-state index in [1.165, 1.54) is 7.11 Å². The molecule has 0 saturated heterocycles. The highest BCUT2D eigenvalue weighted by Crippen LogP contribution is 2.37. The van der Waals surface area contributed by atoms with Crippen LogP contribution in [-0.4, -0.2) is 31.2 Å². The summed E-state index contributed by atoms with van der Waals surface area (Å²) in [6, 6.07) is 12.5. The lowest BCUT2D eigenvalue weighted by atomic mass is 10.1. The Morgan fingerprint density at radius 1 is 1.32 bits per heavy atom. The van der Waals surface area contributed by atoms with Crippen LogP contribution in [0.5, 0.6) is 5.75 Å². The van der Waals surface area contributed by atoms with E-state index in [0.29, 0.717) is 22.1 Å². The van der Waals surface area contributed by atoms with E-state index < -0.39 is 0 Å². The third-order valence-corrected chi connectivity index (χ3v) is 5.36. The molecule has 1 heterocycles. The van der Waals surface area contributed by atoms with Crippen molar-refractivity contribution >= 4 is 46.2 Å². The SMILES string of the molecule is COc1ccc(NC(=O)CN2C(=O)C3CCCC3=Nc3ccccc32)cc1Cl. The number of hydrogen-bond donors (Lipinski definition) is 1. The van der Waals surface area contributed by atoms with Gasteiger partial charge in [-0.15, -0.1) is 0 Å². The molecule has 1 N–H and O–H groups in total. The van der Waals surface area contributed by atoms with Gasteiger partial charge in [-0.2, -0.15) is 0 Å². The number of rotatable bonds is 4. The van der Waals surface area contributed by atoms with Crippen LogP contribution in [0, 0.1) is 5.92 Å². The third kappa shape index (κ3) is 3.47. The van der Waals surface area contributed by atoms with E-state index in [4.69, 9.17) is 21.3 Å². The number of ether oxygens (including phenoxy) is 1. The van der Waals surface area contributed by atoms with E-state index in [1.807, 2.05) is 24.3 Å². The van der Waals surface area contributed by atoms with Gasteiger partial charge >= 0.3 is 0 Å². The maximum atomic E-state index is 13.1. The molecule has 1 atom stereocenters. The highest BCUT2D eigenvalue weighted by Gasteiger charge is 2.37. The topological polar surface area (TPSA) is 71.0 Å². The Labute approximate surface area is 168 Å². The van der Waals surface area contributed by atoms with Gasteiger partial charge in [-0.25, -0.2) is 0 Å². The maximum absolute atomic E-state index is 13.1. The quantitative estimate of drug-likeness (QED) is 0.840. The van der Waals surface area contributed by atoms with Gasteiger partial charge in [-0.1, -0.05) is 23.7 Å². The van der Waals surface area contributed by atoms with Crippen LogP contribution in [0.4, 0.5) is 17.1 Å². The number of fused-ring (bicyclic) bond motifs is 2. The van der Waals surface area contributed by atoms with Crippen molar-refractivity contribution in [2.24, 2.45) is 10.9 Å². The van der Waals surface area contributed by atoms with Gasteiger partial charge in [0.25, 0.3) is 0 Å². The number of nitrogens with one attached hydrogen (secondary N) is 1. The molecule has 2 amide bonds. The Bertz CT molecular complexity index is 973. The molecule has 2 aromatic rings. The van der Waals surface area contributed by atoms with E-state index in [1.54, 1.807) is 23.1 Å². The molecular weight excluding hydrogens is 378 g/mol. The van der Waals surface area contributed by atoms with Crippen LogP contribution >= 0.6 is 11.6 Å². The average molecular weight is 398 g/mol. The lowest BCUT2D eigenvalue weighted by Crippen LogP contribution is -2.41. The van der Waals surface area contributed by atoms with Crippen molar-refractivity contribution in [3.8, 4) is 5.75 Å². The third-order valence-electron chi connectivity index (χ3n) is 5.07. The number of benzene rings is 2. The first-order valence-corrected chi connectivity index (χ1v) is 9.56. The zero-order chi connectivity index (χ0) is 19.7. The van der Waals surface area contributed by atoms with Gasteiger partial charge in [-0.3, -0.25) is 14.6 Å². The van der Waals surface area contributed by atoms with E-state index in [2.05, 4.69) is 5.32 Å². The van der Waals surface area contributed by atoms with E-state index in [9.17, 15) is 9.59 Å². The Balaban J connectivity index is 1.57. The zero-order valence-corrected chi connectivity index (χ0v) is 16.2. The lowest BCUT2D eigenvalue weighted by molar-refractivity contribution is -0.122. The first kappa shape index (κ1) is 18.5. The number of carbonyl (C=O) groups excluding carboxylic acids is 2. The summed E-state index contributed by atoms with van der Waals surface area (Å²) in [6.45, 7) is -0.0845. The second-order valence-corrected chi connectivity index (χ2v) is 7.27. The number of methoxy groups -OCH3 is 1. The van der Waals surface area contributed by atoms with E-state index in [-0.39, 0.29) is 24.3 Å². The van der Waals surface area contributed by atoms with Crippen molar-refractivity contribution in [1.82, 2.24) is 0 Å². The molecule has 0 radical (unpaired) electrons. The molecule has 28 heavy (non-hydrogen) atoms. The van der Waals surface area contributed by atoms with Crippen molar-refractivity contribution in [3.63, 3.8) is 0 Å². The summed E-state index contributed by atoms with van der Waals surface area (Å²) in [4.78, 5) is 32.1. The molecule has 2 aromatic carbocycles. The molecule has 144 valence electrons. The standard InChI is InChI=1S/C21H20ClN3O3/c1-28-19-10-9-13(11-15(19)22)23-20(26)12-25-18-8-3-2-6-17(18)24-16-7-4-5-14(16)21(25)27/h2-3,6,8-11,14H,4-5,7,12H2,1H3,(H,23,26). The number of carbonyl (C=O) groups is 2. The normalized spacial score (nSPS) is 18.1. The highest BCUT2D eigenvalue weighted by molar-refractivity contribution is 6.32. The Morgan fingerprint density at radius 2 is 2.14 bits per heavy atom. The Hall–Kier alpha value is -2.86. The molecule has 4 rings (SSSR count). The monoisotopic (exact) mass is 397 g/mol. The summed E-state index contributed by atoms with van der Waals surface area (Å²) < 4.78 is 5.12. The highest BCUT2D eigenvalue weighted by atomic mass is 35.5. The molecule has 7 heteroatoms. The van der Waals surface area contributed by atoms with Crippen LogP contribution < -0.4 is 15.0 Å². The maximum Gasteiger partial charge on any atom is 0.244 e. The van der Waals surface area contributed by atoms with Crippen LogP contribution in [0.25, 0.3) is 0 Å². The average Bonchev–Trinajstić information content (AvgIpc) is 3.11. The molecule has 0 aromatic heterocycles. The number of anilines is 2. The van der Waals surface area contributed by atoms with Crippen molar-refractivity contribution in [1.29, 1.82) is 0 Å². The minimum Gasteiger partial charge on any atom is -0.495 e. The number of aliphatic imine (C=N–C) groups is 1. The molecule has 0 bridgehead atoms. The van der Waals surface area contributed by atoms with E-state index >= 15 is 0 Å². The Kier molecular flexibility index (Phi) is 5.05. The molecule has 1 unspecified atom stereocenters. The van der Waals surface area contributed by atoms with Gasteiger partial charge in [0, 0.05) is 11.4 Å². The zero-order valence-electron chi connectivity index (χ0n) is 15.4. The number of hydrogen-bond acceptors (Lipinski definition) is 4. The second kappa shape index (κ2) is 7.64. The summed E-state index contributed by atoms with van der Waals surface area (Å²) in [7, 11) is 1.53. The molecule has 1 aliphatic carbocycles. The minimum absolute atomic E-state index is 0.0656. The van der Waals surface area contributed by atoms with Crippen molar-refractivity contribution < 1.29 is 14.3 Å². The summed E-state index contributed by atoms with van der Waals surface area (Å²) in [6.07, 6.45) is 2.55. The number of amides is 2. The lowest BCUT2D eigenvalue weighted by Gasteiger charge is -2.24. The molecular formula is C21H20ClN3O3. The van der Waals surface area contributed by atoms with Gasteiger partial charge in [0.2, 0.25) is 11.8 Å². The smallest absolute Gasteiger partial charge is 0.244 e. The summed E-state index contributed by atoms with van der Waals surface area (Å²) in [5.41, 5.74) is 2.86. The largest absolute Gasteiger partial charge is 0.495 e. The van der Waals surface area contributed by atoms with Crippen LogP contribution in [-0.2, 0) is 9.59 Å². The predicted molar refractivity (Wildman–Crippen MR) is 110 cm³/mol. The number of nitrogens with zero attached hydrogens (tertiary/aromatic N) is 2. The minimum atomic E-state index is -0.300. The first-order chi connectivity index (χ1) is 13.6. The van der Waals surface area contributed by atoms with Crippen LogP contribution in [0.1, 0.15) is 19.3 Å². The molecule has 1 fully saturated rings. The van der Waals surface area contributed by atoms with Gasteiger partial charge < -0.3 is 15.0 Å². The summed E-state index contributed by atoms with van der Waals surface area (Å²) >= 11 is 6.12. The fourth-order valence-corrected chi connectivity index (χ4v) is 3.99. The van der Waals surface area contributed by atoms with Crippen LogP contribution in [0.3, 0.4) is 0 Å². The van der Waals surface area contributed by atoms with Crippen molar-refractivity contribution in [2.75, 3.05) is 23.9 Å². The van der Waals surface area contributed by atoms with Gasteiger partial charge in [0.1, 0.15) is 12.3 Å². The summed E-state index contributed by atoms with van der Waals surface area (Å²) in [5, 5.41) is 3.21. The fraction of sp³-hybridized carbons (Fsp3) is 0.286. The van der Waals surface area contributed by atoms with Crippen LogP contribution in [0.2, 0.25) is 5.02 Å². The second-order valence-electron chi connectivity index (χ2n) is 6.86. The number of para-hydroxylation sites is 2. The van der Waals surface area contributed by atoms with Gasteiger partial charge in [-0.05, 0) is 49.6 Å². The first-order valence-electron chi connectivity index (χ1n) is 9.18. The van der Waals surface area contributed by atoms with E-state index in [0.717, 1.165) is 30.7 Å². The molecule has 1 saturated carbocycles. The number of halogens is 1. The van der Waals surface area contributed by atoms with Crippen molar-refractivity contribution in [3.05, 3.63) is 47.5 Å². The molecule has 1 aliphatic heterocycles. The van der Waals surface area contributed by atoms with Crippen molar-refractivity contribution in [2.45, 2.75) is 19.3 Å². The Morgan fingerprint density at radius 3 is 2.93 bits per heavy atom. The van der Waals surface area contributed by atoms with Gasteiger partial charge in [0.15, 0.2) is 0 Å².